The molecule has 2 aromatic carbocycles. The van der Waals surface area contributed by atoms with Crippen molar-refractivity contribution in [3.63, 3.8) is 0 Å². The van der Waals surface area contributed by atoms with Gasteiger partial charge in [-0.05, 0) is 37.3 Å². The molecule has 1 N–H and O–H groups in total. The van der Waals surface area contributed by atoms with E-state index in [1.807, 2.05) is 36.4 Å². The van der Waals surface area contributed by atoms with Gasteiger partial charge in [-0.25, -0.2) is 9.67 Å². The number of rotatable bonds is 5. The van der Waals surface area contributed by atoms with Crippen LogP contribution < -0.4 is 5.32 Å². The first-order valence-electron chi connectivity index (χ1n) is 7.60. The Hall–Kier alpha value is -3.11. The molecule has 1 aromatic heterocycles. The van der Waals surface area contributed by atoms with E-state index in [2.05, 4.69) is 15.4 Å². The van der Waals surface area contributed by atoms with Gasteiger partial charge in [-0.2, -0.15) is 5.26 Å². The van der Waals surface area contributed by atoms with Crippen molar-refractivity contribution >= 4 is 23.4 Å². The number of nitriles is 1. The van der Waals surface area contributed by atoms with E-state index in [1.165, 1.54) is 11.8 Å². The number of nitrogens with zero attached hydrogens (tertiary/aromatic N) is 4. The third kappa shape index (κ3) is 4.25. The van der Waals surface area contributed by atoms with Gasteiger partial charge in [0.2, 0.25) is 11.1 Å². The van der Waals surface area contributed by atoms with E-state index < -0.39 is 0 Å². The van der Waals surface area contributed by atoms with Crippen molar-refractivity contribution < 1.29 is 4.79 Å². The van der Waals surface area contributed by atoms with Crippen molar-refractivity contribution in [1.82, 2.24) is 14.8 Å². The summed E-state index contributed by atoms with van der Waals surface area (Å²) in [4.78, 5) is 16.6. The number of hydrogen-bond donors (Lipinski definition) is 1. The highest BCUT2D eigenvalue weighted by atomic mass is 32.2. The van der Waals surface area contributed by atoms with Crippen LogP contribution in [0.2, 0.25) is 0 Å². The van der Waals surface area contributed by atoms with Crippen molar-refractivity contribution in [2.75, 3.05) is 5.32 Å². The van der Waals surface area contributed by atoms with Crippen LogP contribution in [0.3, 0.4) is 0 Å². The Balaban J connectivity index is 1.64. The lowest BCUT2D eigenvalue weighted by molar-refractivity contribution is -0.115. The van der Waals surface area contributed by atoms with E-state index in [0.29, 0.717) is 16.4 Å². The molecule has 1 atom stereocenters. The Kier molecular flexibility index (Phi) is 5.11. The fourth-order valence-electron chi connectivity index (χ4n) is 2.13. The summed E-state index contributed by atoms with van der Waals surface area (Å²) in [5.74, 6) is -0.170. The number of benzene rings is 2. The summed E-state index contributed by atoms with van der Waals surface area (Å²) in [7, 11) is 0. The molecule has 0 saturated carbocycles. The van der Waals surface area contributed by atoms with E-state index in [-0.39, 0.29) is 11.2 Å². The lowest BCUT2D eigenvalue weighted by Gasteiger charge is -2.10. The quantitative estimate of drug-likeness (QED) is 0.715. The van der Waals surface area contributed by atoms with Crippen LogP contribution in [0.25, 0.3) is 5.69 Å². The summed E-state index contributed by atoms with van der Waals surface area (Å²) in [5.41, 5.74) is 2.01. The summed E-state index contributed by atoms with van der Waals surface area (Å²) in [6, 6.07) is 18.5. The van der Waals surface area contributed by atoms with E-state index in [1.54, 1.807) is 42.2 Å². The number of carbonyl (C=O) groups excluding carboxylic acids is 1. The van der Waals surface area contributed by atoms with Crippen molar-refractivity contribution in [2.45, 2.75) is 17.3 Å². The predicted molar refractivity (Wildman–Crippen MR) is 96.5 cm³/mol. The van der Waals surface area contributed by atoms with Crippen molar-refractivity contribution in [3.05, 3.63) is 66.5 Å². The zero-order valence-electron chi connectivity index (χ0n) is 13.5. The zero-order chi connectivity index (χ0) is 17.6. The minimum absolute atomic E-state index is 0.170. The second kappa shape index (κ2) is 7.64. The van der Waals surface area contributed by atoms with Gasteiger partial charge in [-0.3, -0.25) is 4.79 Å². The fraction of sp³-hybridized carbons (Fsp3) is 0.111. The van der Waals surface area contributed by atoms with Crippen LogP contribution in [0.15, 0.2) is 66.1 Å². The maximum atomic E-state index is 12.3. The highest BCUT2D eigenvalue weighted by Crippen LogP contribution is 2.21. The molecule has 6 nitrogen and oxygen atoms in total. The van der Waals surface area contributed by atoms with E-state index in [4.69, 9.17) is 5.26 Å². The molecular weight excluding hydrogens is 334 g/mol. The van der Waals surface area contributed by atoms with Crippen molar-refractivity contribution in [2.24, 2.45) is 0 Å². The molecule has 0 radical (unpaired) electrons. The summed E-state index contributed by atoms with van der Waals surface area (Å²) in [6.07, 6.45) is 1.62. The Bertz CT molecular complexity index is 916. The average Bonchev–Trinajstić information content (AvgIpc) is 3.11. The SMILES string of the molecule is CC(Sc1ncn(-c2ccccc2)n1)C(=O)Nc1cccc(C#N)c1. The maximum absolute atomic E-state index is 12.3. The van der Waals surface area contributed by atoms with E-state index in [9.17, 15) is 4.79 Å². The second-order valence-corrected chi connectivity index (χ2v) is 6.56. The van der Waals surface area contributed by atoms with Crippen LogP contribution in [0.1, 0.15) is 12.5 Å². The summed E-state index contributed by atoms with van der Waals surface area (Å²) >= 11 is 1.28. The molecule has 124 valence electrons. The zero-order valence-corrected chi connectivity index (χ0v) is 14.3. The number of hydrogen-bond acceptors (Lipinski definition) is 5. The highest BCUT2D eigenvalue weighted by molar-refractivity contribution is 8.00. The Morgan fingerprint density at radius 3 is 2.80 bits per heavy atom. The van der Waals surface area contributed by atoms with Gasteiger partial charge in [0.05, 0.1) is 22.6 Å². The van der Waals surface area contributed by atoms with Gasteiger partial charge < -0.3 is 5.32 Å². The summed E-state index contributed by atoms with van der Waals surface area (Å²) in [6.45, 7) is 1.79. The Morgan fingerprint density at radius 1 is 1.24 bits per heavy atom. The minimum Gasteiger partial charge on any atom is -0.325 e. The van der Waals surface area contributed by atoms with Gasteiger partial charge >= 0.3 is 0 Å². The molecule has 0 fully saturated rings. The first-order valence-corrected chi connectivity index (χ1v) is 8.48. The van der Waals surface area contributed by atoms with Gasteiger partial charge in [0.15, 0.2) is 0 Å². The molecule has 7 heteroatoms. The molecule has 0 bridgehead atoms. The minimum atomic E-state index is -0.377. The molecule has 1 amide bonds. The number of amides is 1. The van der Waals surface area contributed by atoms with Crippen LogP contribution in [-0.2, 0) is 4.79 Å². The largest absolute Gasteiger partial charge is 0.325 e. The summed E-state index contributed by atoms with van der Waals surface area (Å²) in [5, 5.41) is 16.2. The number of para-hydroxylation sites is 1. The predicted octanol–water partition coefficient (Wildman–Crippen LogP) is 3.26. The monoisotopic (exact) mass is 349 g/mol. The van der Waals surface area contributed by atoms with Crippen molar-refractivity contribution in [1.29, 1.82) is 5.26 Å². The van der Waals surface area contributed by atoms with E-state index in [0.717, 1.165) is 5.69 Å². The molecule has 0 aliphatic rings. The molecule has 3 rings (SSSR count). The molecule has 1 unspecified atom stereocenters. The van der Waals surface area contributed by atoms with Gasteiger partial charge in [0, 0.05) is 5.69 Å². The average molecular weight is 349 g/mol. The summed E-state index contributed by atoms with van der Waals surface area (Å²) < 4.78 is 1.67. The number of anilines is 1. The molecule has 0 saturated heterocycles. The lowest BCUT2D eigenvalue weighted by atomic mass is 10.2. The third-order valence-corrected chi connectivity index (χ3v) is 4.37. The first-order chi connectivity index (χ1) is 12.2. The molecule has 3 aromatic rings. The van der Waals surface area contributed by atoms with Gasteiger partial charge in [-0.1, -0.05) is 36.0 Å². The molecule has 25 heavy (non-hydrogen) atoms. The van der Waals surface area contributed by atoms with Gasteiger partial charge in [-0.15, -0.1) is 5.10 Å². The Morgan fingerprint density at radius 2 is 2.04 bits per heavy atom. The Labute approximate surface area is 149 Å². The normalized spacial score (nSPS) is 11.5. The third-order valence-electron chi connectivity index (χ3n) is 3.40. The van der Waals surface area contributed by atoms with Crippen LogP contribution in [0.5, 0.6) is 0 Å². The van der Waals surface area contributed by atoms with E-state index >= 15 is 0 Å². The molecular formula is C18H15N5OS. The molecule has 0 aliphatic heterocycles. The van der Waals surface area contributed by atoms with Crippen LogP contribution in [0.4, 0.5) is 5.69 Å². The number of carbonyl (C=O) groups is 1. The van der Waals surface area contributed by atoms with Gasteiger partial charge in [0.25, 0.3) is 0 Å². The molecule has 0 aliphatic carbocycles. The van der Waals surface area contributed by atoms with Crippen LogP contribution in [0, 0.1) is 11.3 Å². The topological polar surface area (TPSA) is 83.6 Å². The highest BCUT2D eigenvalue weighted by Gasteiger charge is 2.17. The second-order valence-electron chi connectivity index (χ2n) is 5.25. The fourth-order valence-corrected chi connectivity index (χ4v) is 2.85. The van der Waals surface area contributed by atoms with Crippen LogP contribution >= 0.6 is 11.8 Å². The van der Waals surface area contributed by atoms with Gasteiger partial charge in [0.1, 0.15) is 6.33 Å². The van der Waals surface area contributed by atoms with Crippen molar-refractivity contribution in [3.8, 4) is 11.8 Å². The lowest BCUT2D eigenvalue weighted by Crippen LogP contribution is -2.22. The maximum Gasteiger partial charge on any atom is 0.237 e. The number of nitrogens with one attached hydrogen (secondary N) is 1. The molecule has 0 spiro atoms. The van der Waals surface area contributed by atoms with Crippen LogP contribution in [-0.4, -0.2) is 25.9 Å². The number of thioether (sulfide) groups is 1. The molecule has 1 heterocycles. The first kappa shape index (κ1) is 16.7. The number of aromatic nitrogens is 3. The smallest absolute Gasteiger partial charge is 0.237 e. The standard InChI is InChI=1S/C18H15N5OS/c1-13(17(24)21-15-7-5-6-14(10-15)11-19)25-18-20-12-23(22-18)16-8-3-2-4-9-16/h2-10,12-13H,1H3,(H,21,24).